The highest BCUT2D eigenvalue weighted by atomic mass is 16.3. The smallest absolute Gasteiger partial charge is 0.234 e. The van der Waals surface area contributed by atoms with Gasteiger partial charge in [0.2, 0.25) is 11.8 Å². The molecule has 1 atom stereocenters. The zero-order valence-corrected chi connectivity index (χ0v) is 17.3. The summed E-state index contributed by atoms with van der Waals surface area (Å²) in [5.41, 5.74) is 2.51. The molecule has 2 saturated heterocycles. The van der Waals surface area contributed by atoms with Crippen molar-refractivity contribution < 1.29 is 18.8 Å². The maximum atomic E-state index is 12.6. The van der Waals surface area contributed by atoms with Crippen molar-refractivity contribution in [3.63, 3.8) is 0 Å². The van der Waals surface area contributed by atoms with Gasteiger partial charge in [0.15, 0.2) is 5.78 Å². The van der Waals surface area contributed by atoms with E-state index in [0.29, 0.717) is 25.8 Å². The first-order chi connectivity index (χ1) is 15.1. The molecule has 0 aliphatic carbocycles. The van der Waals surface area contributed by atoms with Gasteiger partial charge in [-0.2, -0.15) is 0 Å². The van der Waals surface area contributed by atoms with Crippen LogP contribution in [-0.4, -0.2) is 55.2 Å². The lowest BCUT2D eigenvalue weighted by atomic mass is 9.88. The van der Waals surface area contributed by atoms with E-state index >= 15 is 0 Å². The fourth-order valence-corrected chi connectivity index (χ4v) is 4.70. The molecule has 2 aliphatic rings. The second-order valence-electron chi connectivity index (χ2n) is 8.43. The number of piperazine rings is 1. The summed E-state index contributed by atoms with van der Waals surface area (Å²) in [6.45, 7) is 4.16. The minimum Gasteiger partial charge on any atom is -0.464 e. The molecule has 2 N–H and O–H groups in total. The first-order valence-electron chi connectivity index (χ1n) is 10.8. The number of nitrogens with zero attached hydrogens (tertiary/aromatic N) is 1. The number of rotatable bonds is 5. The molecule has 3 aromatic rings. The summed E-state index contributed by atoms with van der Waals surface area (Å²) >= 11 is 0. The highest BCUT2D eigenvalue weighted by Crippen LogP contribution is 2.37. The van der Waals surface area contributed by atoms with Gasteiger partial charge in [-0.25, -0.2) is 0 Å². The van der Waals surface area contributed by atoms with Gasteiger partial charge >= 0.3 is 0 Å². The highest BCUT2D eigenvalue weighted by Gasteiger charge is 2.31. The Morgan fingerprint density at radius 3 is 2.77 bits per heavy atom. The number of imide groups is 1. The average molecular weight is 419 g/mol. The Kier molecular flexibility index (Phi) is 5.29. The minimum absolute atomic E-state index is 0.217. The second kappa shape index (κ2) is 8.24. The van der Waals surface area contributed by atoms with E-state index in [2.05, 4.69) is 15.5 Å². The Labute approximate surface area is 179 Å². The number of ketones is 1. The van der Waals surface area contributed by atoms with Crippen LogP contribution in [0.4, 0.5) is 0 Å². The summed E-state index contributed by atoms with van der Waals surface area (Å²) in [7, 11) is 0. The third-order valence-corrected chi connectivity index (χ3v) is 6.27. The lowest BCUT2D eigenvalue weighted by molar-refractivity contribution is -0.134. The number of hydrogen-bond acceptors (Lipinski definition) is 6. The SMILES string of the molecule is O=C(Cc1ccc2c(ccc3occ(C4CCC(=O)NC4=O)c32)c1)CN1CCNCC1. The molecule has 1 unspecified atom stereocenters. The first-order valence-corrected chi connectivity index (χ1v) is 10.8. The van der Waals surface area contributed by atoms with E-state index in [1.165, 1.54) is 0 Å². The molecule has 0 radical (unpaired) electrons. The number of nitrogens with one attached hydrogen (secondary N) is 2. The molecule has 7 heteroatoms. The van der Waals surface area contributed by atoms with Crippen molar-refractivity contribution in [2.45, 2.75) is 25.2 Å². The van der Waals surface area contributed by atoms with Gasteiger partial charge in [-0.3, -0.25) is 24.6 Å². The van der Waals surface area contributed by atoms with Crippen molar-refractivity contribution in [1.82, 2.24) is 15.5 Å². The average Bonchev–Trinajstić information content (AvgIpc) is 3.18. The van der Waals surface area contributed by atoms with E-state index in [0.717, 1.165) is 59.0 Å². The molecule has 0 bridgehead atoms. The summed E-state index contributed by atoms with van der Waals surface area (Å²) in [5, 5.41) is 8.64. The summed E-state index contributed by atoms with van der Waals surface area (Å²) in [4.78, 5) is 38.7. The molecular formula is C24H25N3O4. The quantitative estimate of drug-likeness (QED) is 0.616. The number of amides is 2. The highest BCUT2D eigenvalue weighted by molar-refractivity contribution is 6.10. The molecule has 2 aromatic carbocycles. The Morgan fingerprint density at radius 1 is 1.13 bits per heavy atom. The number of carbonyl (C=O) groups excluding carboxylic acids is 3. The molecule has 160 valence electrons. The van der Waals surface area contributed by atoms with Gasteiger partial charge in [0.1, 0.15) is 5.58 Å². The molecule has 2 amide bonds. The van der Waals surface area contributed by atoms with Crippen LogP contribution in [0, 0.1) is 0 Å². The maximum Gasteiger partial charge on any atom is 0.234 e. The number of fused-ring (bicyclic) bond motifs is 3. The molecule has 7 nitrogen and oxygen atoms in total. The van der Waals surface area contributed by atoms with Gasteiger partial charge in [-0.1, -0.05) is 24.3 Å². The van der Waals surface area contributed by atoms with Crippen LogP contribution >= 0.6 is 0 Å². The molecule has 31 heavy (non-hydrogen) atoms. The Hall–Kier alpha value is -3.03. The Balaban J connectivity index is 1.42. The van der Waals surface area contributed by atoms with E-state index in [4.69, 9.17) is 4.42 Å². The fourth-order valence-electron chi connectivity index (χ4n) is 4.70. The van der Waals surface area contributed by atoms with Crippen molar-refractivity contribution in [3.8, 4) is 0 Å². The Morgan fingerprint density at radius 2 is 1.97 bits per heavy atom. The van der Waals surface area contributed by atoms with Gasteiger partial charge in [-0.05, 0) is 28.8 Å². The van der Waals surface area contributed by atoms with Gasteiger partial charge in [-0.15, -0.1) is 0 Å². The molecule has 3 heterocycles. The fraction of sp³-hybridized carbons (Fsp3) is 0.375. The van der Waals surface area contributed by atoms with E-state index < -0.39 is 5.92 Å². The van der Waals surface area contributed by atoms with Gasteiger partial charge in [0.05, 0.1) is 18.7 Å². The lowest BCUT2D eigenvalue weighted by Crippen LogP contribution is -2.45. The van der Waals surface area contributed by atoms with Crippen LogP contribution in [-0.2, 0) is 20.8 Å². The maximum absolute atomic E-state index is 12.6. The summed E-state index contributed by atoms with van der Waals surface area (Å²) < 4.78 is 5.74. The molecule has 2 aliphatic heterocycles. The predicted molar refractivity (Wildman–Crippen MR) is 117 cm³/mol. The molecule has 0 saturated carbocycles. The number of Topliss-reactive ketones (excluding diaryl/α,β-unsaturated/α-hetero) is 1. The van der Waals surface area contributed by atoms with Crippen molar-refractivity contribution >= 4 is 39.3 Å². The van der Waals surface area contributed by atoms with Crippen molar-refractivity contribution in [3.05, 3.63) is 47.7 Å². The van der Waals surface area contributed by atoms with Crippen LogP contribution in [0.15, 0.2) is 41.0 Å². The normalized spacial score (nSPS) is 20.3. The predicted octanol–water partition coefficient (Wildman–Crippen LogP) is 2.12. The van der Waals surface area contributed by atoms with E-state index in [-0.39, 0.29) is 17.6 Å². The number of benzene rings is 2. The van der Waals surface area contributed by atoms with E-state index in [1.54, 1.807) is 6.26 Å². The lowest BCUT2D eigenvalue weighted by Gasteiger charge is -2.26. The summed E-state index contributed by atoms with van der Waals surface area (Å²) in [5.74, 6) is -0.681. The van der Waals surface area contributed by atoms with Gasteiger partial charge in [0, 0.05) is 50.0 Å². The zero-order valence-electron chi connectivity index (χ0n) is 17.3. The van der Waals surface area contributed by atoms with E-state index in [9.17, 15) is 14.4 Å². The number of furan rings is 1. The summed E-state index contributed by atoms with van der Waals surface area (Å²) in [6.07, 6.45) is 2.85. The second-order valence-corrected chi connectivity index (χ2v) is 8.43. The number of carbonyl (C=O) groups is 3. The summed E-state index contributed by atoms with van der Waals surface area (Å²) in [6, 6.07) is 9.93. The van der Waals surface area contributed by atoms with Crippen LogP contribution in [0.2, 0.25) is 0 Å². The first kappa shape index (κ1) is 19.9. The van der Waals surface area contributed by atoms with Crippen LogP contribution in [0.25, 0.3) is 21.7 Å². The van der Waals surface area contributed by atoms with Crippen LogP contribution in [0.5, 0.6) is 0 Å². The third-order valence-electron chi connectivity index (χ3n) is 6.27. The Bertz CT molecular complexity index is 1180. The van der Waals surface area contributed by atoms with E-state index in [1.807, 2.05) is 30.3 Å². The third kappa shape index (κ3) is 3.98. The minimum atomic E-state index is -0.398. The number of piperidine rings is 1. The van der Waals surface area contributed by atoms with Crippen LogP contribution in [0.3, 0.4) is 0 Å². The van der Waals surface area contributed by atoms with Crippen molar-refractivity contribution in [2.75, 3.05) is 32.7 Å². The molecular weight excluding hydrogens is 394 g/mol. The monoisotopic (exact) mass is 419 g/mol. The van der Waals surface area contributed by atoms with Crippen LogP contribution in [0.1, 0.15) is 29.9 Å². The molecule has 2 fully saturated rings. The number of hydrogen-bond donors (Lipinski definition) is 2. The standard InChI is InChI=1S/C24H25N3O4/c28-17(13-27-9-7-25-8-10-27)12-15-1-3-18-16(11-15)2-5-21-23(18)20(14-31-21)19-4-6-22(29)26-24(19)30/h1-3,5,11,14,19,25H,4,6-10,12-13H2,(H,26,29,30). The molecule has 1 aromatic heterocycles. The van der Waals surface area contributed by atoms with Crippen LogP contribution < -0.4 is 10.6 Å². The van der Waals surface area contributed by atoms with Crippen molar-refractivity contribution in [1.29, 1.82) is 0 Å². The van der Waals surface area contributed by atoms with Gasteiger partial charge in [0.25, 0.3) is 0 Å². The largest absolute Gasteiger partial charge is 0.464 e. The van der Waals surface area contributed by atoms with Crippen molar-refractivity contribution in [2.24, 2.45) is 0 Å². The molecule has 0 spiro atoms. The molecule has 5 rings (SSSR count). The topological polar surface area (TPSA) is 91.6 Å². The van der Waals surface area contributed by atoms with Gasteiger partial charge < -0.3 is 9.73 Å². The zero-order chi connectivity index (χ0) is 21.4.